The Morgan fingerprint density at radius 2 is 1.79 bits per heavy atom. The van der Waals surface area contributed by atoms with Crippen LogP contribution >= 0.6 is 0 Å². The zero-order valence-electron chi connectivity index (χ0n) is 9.17. The molecule has 0 aromatic carbocycles. The fourth-order valence-corrected chi connectivity index (χ4v) is 3.06. The Kier molecular flexibility index (Phi) is 3.10. The predicted octanol–water partition coefficient (Wildman–Crippen LogP) is 0.979. The SMILES string of the molecule is C[C@@H](N)C1(N2CCOCC2)CCCC1. The van der Waals surface area contributed by atoms with Gasteiger partial charge in [0.15, 0.2) is 0 Å². The van der Waals surface area contributed by atoms with Crippen LogP contribution < -0.4 is 5.73 Å². The molecule has 3 nitrogen and oxygen atoms in total. The zero-order valence-corrected chi connectivity index (χ0v) is 9.17. The number of nitrogens with zero attached hydrogens (tertiary/aromatic N) is 1. The van der Waals surface area contributed by atoms with Crippen LogP contribution in [0, 0.1) is 0 Å². The molecule has 0 bridgehead atoms. The zero-order chi connectivity index (χ0) is 10.0. The molecular formula is C11H22N2O. The van der Waals surface area contributed by atoms with Gasteiger partial charge in [-0.25, -0.2) is 0 Å². The third-order valence-electron chi connectivity index (χ3n) is 3.96. The van der Waals surface area contributed by atoms with E-state index in [1.54, 1.807) is 0 Å². The number of ether oxygens (including phenoxy) is 1. The van der Waals surface area contributed by atoms with Gasteiger partial charge in [0.1, 0.15) is 0 Å². The molecule has 1 heterocycles. The van der Waals surface area contributed by atoms with Crippen molar-refractivity contribution < 1.29 is 4.74 Å². The number of morpholine rings is 1. The van der Waals surface area contributed by atoms with Crippen molar-refractivity contribution in [3.05, 3.63) is 0 Å². The van der Waals surface area contributed by atoms with Crippen LogP contribution in [0.1, 0.15) is 32.6 Å². The quantitative estimate of drug-likeness (QED) is 0.719. The van der Waals surface area contributed by atoms with Crippen molar-refractivity contribution in [2.75, 3.05) is 26.3 Å². The third-order valence-corrected chi connectivity index (χ3v) is 3.96. The molecule has 0 aromatic heterocycles. The van der Waals surface area contributed by atoms with E-state index in [9.17, 15) is 0 Å². The summed E-state index contributed by atoms with van der Waals surface area (Å²) in [7, 11) is 0. The molecule has 2 aliphatic rings. The molecule has 3 heteroatoms. The van der Waals surface area contributed by atoms with Gasteiger partial charge in [0, 0.05) is 24.7 Å². The molecule has 2 rings (SSSR count). The van der Waals surface area contributed by atoms with E-state index in [0.29, 0.717) is 11.6 Å². The summed E-state index contributed by atoms with van der Waals surface area (Å²) in [5, 5.41) is 0. The maximum Gasteiger partial charge on any atom is 0.0594 e. The van der Waals surface area contributed by atoms with Crippen LogP contribution in [0.15, 0.2) is 0 Å². The van der Waals surface area contributed by atoms with Gasteiger partial charge in [-0.1, -0.05) is 12.8 Å². The van der Waals surface area contributed by atoms with Crippen LogP contribution in [0.2, 0.25) is 0 Å². The van der Waals surface area contributed by atoms with E-state index in [1.165, 1.54) is 25.7 Å². The standard InChI is InChI=1S/C11H22N2O/c1-10(12)11(4-2-3-5-11)13-6-8-14-9-7-13/h10H,2-9,12H2,1H3/t10-/m1/s1. The second-order valence-electron chi connectivity index (χ2n) is 4.70. The fourth-order valence-electron chi connectivity index (χ4n) is 3.06. The molecule has 0 amide bonds. The Morgan fingerprint density at radius 1 is 1.21 bits per heavy atom. The average Bonchev–Trinajstić information content (AvgIpc) is 2.69. The van der Waals surface area contributed by atoms with Gasteiger partial charge in [-0.2, -0.15) is 0 Å². The molecule has 82 valence electrons. The van der Waals surface area contributed by atoms with Crippen molar-refractivity contribution in [1.82, 2.24) is 4.90 Å². The van der Waals surface area contributed by atoms with Gasteiger partial charge in [-0.3, -0.25) is 4.90 Å². The van der Waals surface area contributed by atoms with E-state index in [4.69, 9.17) is 10.5 Å². The monoisotopic (exact) mass is 198 g/mol. The van der Waals surface area contributed by atoms with E-state index in [0.717, 1.165) is 26.3 Å². The molecule has 1 aliphatic carbocycles. The Morgan fingerprint density at radius 3 is 2.29 bits per heavy atom. The number of nitrogens with two attached hydrogens (primary N) is 1. The van der Waals surface area contributed by atoms with Crippen molar-refractivity contribution in [2.45, 2.75) is 44.2 Å². The lowest BCUT2D eigenvalue weighted by atomic mass is 9.87. The molecule has 2 N–H and O–H groups in total. The topological polar surface area (TPSA) is 38.5 Å². The van der Waals surface area contributed by atoms with Gasteiger partial charge in [0.05, 0.1) is 13.2 Å². The largest absolute Gasteiger partial charge is 0.379 e. The summed E-state index contributed by atoms with van der Waals surface area (Å²) >= 11 is 0. The van der Waals surface area contributed by atoms with Crippen LogP contribution in [-0.4, -0.2) is 42.8 Å². The molecule has 0 spiro atoms. The maximum atomic E-state index is 6.18. The molecule has 2 fully saturated rings. The van der Waals surface area contributed by atoms with Crippen molar-refractivity contribution in [2.24, 2.45) is 5.73 Å². The normalized spacial score (nSPS) is 30.4. The lowest BCUT2D eigenvalue weighted by Crippen LogP contribution is -2.60. The van der Waals surface area contributed by atoms with E-state index in [-0.39, 0.29) is 0 Å². The summed E-state index contributed by atoms with van der Waals surface area (Å²) in [5.74, 6) is 0. The van der Waals surface area contributed by atoms with Crippen LogP contribution in [0.5, 0.6) is 0 Å². The summed E-state index contributed by atoms with van der Waals surface area (Å²) in [4.78, 5) is 2.58. The molecule has 0 radical (unpaired) electrons. The highest BCUT2D eigenvalue weighted by molar-refractivity contribution is 5.01. The summed E-state index contributed by atoms with van der Waals surface area (Å²) in [6, 6.07) is 0.295. The molecule has 1 atom stereocenters. The van der Waals surface area contributed by atoms with Crippen molar-refractivity contribution >= 4 is 0 Å². The minimum Gasteiger partial charge on any atom is -0.379 e. The fraction of sp³-hybridized carbons (Fsp3) is 1.00. The summed E-state index contributed by atoms with van der Waals surface area (Å²) < 4.78 is 5.40. The van der Waals surface area contributed by atoms with E-state index < -0.39 is 0 Å². The van der Waals surface area contributed by atoms with E-state index in [2.05, 4.69) is 11.8 Å². The number of hydrogen-bond donors (Lipinski definition) is 1. The summed E-state index contributed by atoms with van der Waals surface area (Å²) in [5.41, 5.74) is 6.48. The summed E-state index contributed by atoms with van der Waals surface area (Å²) in [6.07, 6.45) is 5.26. The Hall–Kier alpha value is -0.120. The number of hydrogen-bond acceptors (Lipinski definition) is 3. The minimum absolute atomic E-state index is 0.295. The minimum atomic E-state index is 0.295. The van der Waals surface area contributed by atoms with E-state index in [1.807, 2.05) is 0 Å². The number of rotatable bonds is 2. The lowest BCUT2D eigenvalue weighted by molar-refractivity contribution is -0.0284. The first kappa shape index (κ1) is 10.4. The molecule has 1 saturated heterocycles. The van der Waals surface area contributed by atoms with Crippen molar-refractivity contribution in [1.29, 1.82) is 0 Å². The molecule has 0 aromatic rings. The van der Waals surface area contributed by atoms with Crippen LogP contribution in [0.25, 0.3) is 0 Å². The van der Waals surface area contributed by atoms with E-state index >= 15 is 0 Å². The molecule has 14 heavy (non-hydrogen) atoms. The van der Waals surface area contributed by atoms with Gasteiger partial charge >= 0.3 is 0 Å². The van der Waals surface area contributed by atoms with Crippen molar-refractivity contribution in [3.8, 4) is 0 Å². The molecule has 1 saturated carbocycles. The van der Waals surface area contributed by atoms with Gasteiger partial charge < -0.3 is 10.5 Å². The van der Waals surface area contributed by atoms with Gasteiger partial charge in [-0.15, -0.1) is 0 Å². The Labute approximate surface area is 86.6 Å². The predicted molar refractivity (Wildman–Crippen MR) is 57.2 cm³/mol. The molecule has 1 aliphatic heterocycles. The lowest BCUT2D eigenvalue weighted by Gasteiger charge is -2.46. The molecule has 0 unspecified atom stereocenters. The first-order chi connectivity index (χ1) is 6.76. The highest BCUT2D eigenvalue weighted by Crippen LogP contribution is 2.37. The van der Waals surface area contributed by atoms with Gasteiger partial charge in [0.2, 0.25) is 0 Å². The second kappa shape index (κ2) is 4.17. The first-order valence-corrected chi connectivity index (χ1v) is 5.84. The maximum absolute atomic E-state index is 6.18. The molecular weight excluding hydrogens is 176 g/mol. The van der Waals surface area contributed by atoms with Gasteiger partial charge in [-0.05, 0) is 19.8 Å². The van der Waals surface area contributed by atoms with Crippen LogP contribution in [0.4, 0.5) is 0 Å². The first-order valence-electron chi connectivity index (χ1n) is 5.84. The third kappa shape index (κ3) is 1.69. The van der Waals surface area contributed by atoms with Gasteiger partial charge in [0.25, 0.3) is 0 Å². The Bertz CT molecular complexity index is 182. The van der Waals surface area contributed by atoms with Crippen LogP contribution in [0.3, 0.4) is 0 Å². The highest BCUT2D eigenvalue weighted by Gasteiger charge is 2.42. The highest BCUT2D eigenvalue weighted by atomic mass is 16.5. The Balaban J connectivity index is 2.08. The summed E-state index contributed by atoms with van der Waals surface area (Å²) in [6.45, 7) is 6.08. The second-order valence-corrected chi connectivity index (χ2v) is 4.70. The van der Waals surface area contributed by atoms with Crippen LogP contribution in [-0.2, 0) is 4.74 Å². The average molecular weight is 198 g/mol. The van der Waals surface area contributed by atoms with Crippen molar-refractivity contribution in [3.63, 3.8) is 0 Å². The smallest absolute Gasteiger partial charge is 0.0594 e.